The van der Waals surface area contributed by atoms with E-state index in [1.54, 1.807) is 7.11 Å². The molecule has 0 fully saturated rings. The molecule has 0 aliphatic rings. The maximum atomic E-state index is 5.82. The van der Waals surface area contributed by atoms with E-state index < -0.39 is 0 Å². The lowest BCUT2D eigenvalue weighted by Gasteiger charge is -2.15. The van der Waals surface area contributed by atoms with Gasteiger partial charge in [-0.2, -0.15) is 0 Å². The first-order valence-corrected chi connectivity index (χ1v) is 7.00. The van der Waals surface area contributed by atoms with Crippen LogP contribution in [0.25, 0.3) is 0 Å². The molecule has 0 aliphatic carbocycles. The van der Waals surface area contributed by atoms with E-state index in [4.69, 9.17) is 9.47 Å². The van der Waals surface area contributed by atoms with Crippen LogP contribution >= 0.6 is 0 Å². The fourth-order valence-corrected chi connectivity index (χ4v) is 2.19. The number of ether oxygens (including phenoxy) is 2. The Morgan fingerprint density at radius 3 is 2.11 bits per heavy atom. The molecule has 0 bridgehead atoms. The third-order valence-corrected chi connectivity index (χ3v) is 3.18. The van der Waals surface area contributed by atoms with Gasteiger partial charge in [0.2, 0.25) is 0 Å². The molecule has 1 rings (SSSR count). The first kappa shape index (κ1) is 15.0. The van der Waals surface area contributed by atoms with Gasteiger partial charge in [0, 0.05) is 6.61 Å². The lowest BCUT2D eigenvalue weighted by molar-refractivity contribution is 0.0806. The molecule has 0 radical (unpaired) electrons. The van der Waals surface area contributed by atoms with Gasteiger partial charge in [0.25, 0.3) is 0 Å². The molecule has 0 saturated heterocycles. The normalized spacial score (nSPS) is 10.9. The zero-order valence-electron chi connectivity index (χ0n) is 11.9. The van der Waals surface area contributed by atoms with Gasteiger partial charge in [-0.25, -0.2) is 0 Å². The first-order valence-electron chi connectivity index (χ1n) is 7.00. The van der Waals surface area contributed by atoms with Crippen molar-refractivity contribution in [3.05, 3.63) is 29.8 Å². The van der Waals surface area contributed by atoms with E-state index in [0.717, 1.165) is 18.3 Å². The summed E-state index contributed by atoms with van der Waals surface area (Å²) in [6.07, 6.45) is 5.04. The van der Waals surface area contributed by atoms with Crippen molar-refractivity contribution in [3.63, 3.8) is 0 Å². The van der Waals surface area contributed by atoms with Crippen LogP contribution in [0.3, 0.4) is 0 Å². The molecule has 1 aromatic rings. The van der Waals surface area contributed by atoms with Gasteiger partial charge in [-0.3, -0.25) is 0 Å². The van der Waals surface area contributed by atoms with Gasteiger partial charge in [-0.15, -0.1) is 0 Å². The Hall–Kier alpha value is -1.02. The summed E-state index contributed by atoms with van der Waals surface area (Å²) in [5, 5.41) is 0. The number of methoxy groups -OCH3 is 1. The largest absolute Gasteiger partial charge is 0.497 e. The van der Waals surface area contributed by atoms with Crippen LogP contribution in [0.4, 0.5) is 0 Å². The molecule has 0 N–H and O–H groups in total. The van der Waals surface area contributed by atoms with E-state index in [-0.39, 0.29) is 0 Å². The summed E-state index contributed by atoms with van der Waals surface area (Å²) >= 11 is 0. The number of benzene rings is 1. The number of rotatable bonds is 9. The maximum Gasteiger partial charge on any atom is 0.118 e. The third-order valence-electron chi connectivity index (χ3n) is 3.18. The number of hydrogen-bond donors (Lipinski definition) is 0. The van der Waals surface area contributed by atoms with Crippen molar-refractivity contribution in [1.82, 2.24) is 0 Å². The van der Waals surface area contributed by atoms with E-state index in [9.17, 15) is 0 Å². The zero-order chi connectivity index (χ0) is 13.2. The minimum atomic E-state index is 0.702. The molecular formula is C16H26O2. The summed E-state index contributed by atoms with van der Waals surface area (Å²) in [6.45, 7) is 6.07. The topological polar surface area (TPSA) is 18.5 Å². The van der Waals surface area contributed by atoms with Gasteiger partial charge in [-0.05, 0) is 36.5 Å². The second-order valence-electron chi connectivity index (χ2n) is 4.81. The van der Waals surface area contributed by atoms with E-state index in [1.807, 2.05) is 12.1 Å². The van der Waals surface area contributed by atoms with E-state index in [0.29, 0.717) is 6.61 Å². The molecule has 0 heterocycles. The van der Waals surface area contributed by atoms with E-state index in [2.05, 4.69) is 26.0 Å². The maximum absolute atomic E-state index is 5.82. The molecule has 1 aromatic carbocycles. The summed E-state index contributed by atoms with van der Waals surface area (Å²) < 4.78 is 11.0. The predicted molar refractivity (Wildman–Crippen MR) is 76.0 cm³/mol. The summed E-state index contributed by atoms with van der Waals surface area (Å²) in [4.78, 5) is 0. The van der Waals surface area contributed by atoms with Crippen LogP contribution < -0.4 is 4.74 Å². The lowest BCUT2D eigenvalue weighted by atomic mass is 9.99. The summed E-state index contributed by atoms with van der Waals surface area (Å²) in [6, 6.07) is 8.09. The first-order chi connectivity index (χ1) is 8.80. The average Bonchev–Trinajstić information content (AvgIpc) is 2.40. The average molecular weight is 250 g/mol. The Labute approximate surface area is 111 Å². The van der Waals surface area contributed by atoms with E-state index >= 15 is 0 Å². The monoisotopic (exact) mass is 250 g/mol. The molecule has 2 nitrogen and oxygen atoms in total. The Morgan fingerprint density at radius 2 is 1.61 bits per heavy atom. The van der Waals surface area contributed by atoms with Gasteiger partial charge in [0.15, 0.2) is 0 Å². The highest BCUT2D eigenvalue weighted by Crippen LogP contribution is 2.16. The van der Waals surface area contributed by atoms with Gasteiger partial charge in [0.05, 0.1) is 13.7 Å². The number of hydrogen-bond acceptors (Lipinski definition) is 2. The Kier molecular flexibility index (Phi) is 7.51. The van der Waals surface area contributed by atoms with Gasteiger partial charge in [0.1, 0.15) is 5.75 Å². The van der Waals surface area contributed by atoms with Crippen LogP contribution in [0.1, 0.15) is 45.1 Å². The molecule has 18 heavy (non-hydrogen) atoms. The smallest absolute Gasteiger partial charge is 0.118 e. The minimum absolute atomic E-state index is 0.702. The van der Waals surface area contributed by atoms with Gasteiger partial charge in [-0.1, -0.05) is 38.8 Å². The quantitative estimate of drug-likeness (QED) is 0.645. The highest BCUT2D eigenvalue weighted by Gasteiger charge is 2.06. The van der Waals surface area contributed by atoms with Gasteiger partial charge < -0.3 is 9.47 Å². The summed E-state index contributed by atoms with van der Waals surface area (Å²) in [7, 11) is 1.69. The molecule has 0 atom stereocenters. The summed E-state index contributed by atoms with van der Waals surface area (Å²) in [5.41, 5.74) is 1.21. The van der Waals surface area contributed by atoms with Crippen molar-refractivity contribution in [1.29, 1.82) is 0 Å². The van der Waals surface area contributed by atoms with Crippen LogP contribution in [-0.4, -0.2) is 13.7 Å². The highest BCUT2D eigenvalue weighted by atomic mass is 16.5. The van der Waals surface area contributed by atoms with Gasteiger partial charge >= 0.3 is 0 Å². The SMILES string of the molecule is CCCC(CCC)COCc1ccc(OC)cc1. The third kappa shape index (κ3) is 5.54. The van der Waals surface area contributed by atoms with Crippen molar-refractivity contribution in [2.75, 3.05) is 13.7 Å². The predicted octanol–water partition coefficient (Wildman–Crippen LogP) is 4.43. The molecule has 2 heteroatoms. The fraction of sp³-hybridized carbons (Fsp3) is 0.625. The van der Waals surface area contributed by atoms with Crippen LogP contribution in [0.2, 0.25) is 0 Å². The van der Waals surface area contributed by atoms with Crippen molar-refractivity contribution < 1.29 is 9.47 Å². The van der Waals surface area contributed by atoms with Crippen LogP contribution in [0.15, 0.2) is 24.3 Å². The molecular weight excluding hydrogens is 224 g/mol. The molecule has 0 aromatic heterocycles. The zero-order valence-corrected chi connectivity index (χ0v) is 11.9. The molecule has 0 saturated carbocycles. The molecule has 0 unspecified atom stereocenters. The molecule has 0 aliphatic heterocycles. The fourth-order valence-electron chi connectivity index (χ4n) is 2.19. The standard InChI is InChI=1S/C16H26O2/c1-4-6-14(7-5-2)12-18-13-15-8-10-16(17-3)11-9-15/h8-11,14H,4-7,12-13H2,1-3H3. The minimum Gasteiger partial charge on any atom is -0.497 e. The Bertz CT molecular complexity index is 299. The second-order valence-corrected chi connectivity index (χ2v) is 4.81. The molecule has 0 spiro atoms. The molecule has 102 valence electrons. The second kappa shape index (κ2) is 8.98. The molecule has 0 amide bonds. The highest BCUT2D eigenvalue weighted by molar-refractivity contribution is 5.26. The van der Waals surface area contributed by atoms with Crippen LogP contribution in [0, 0.1) is 5.92 Å². The van der Waals surface area contributed by atoms with Crippen molar-refractivity contribution in [2.24, 2.45) is 5.92 Å². The lowest BCUT2D eigenvalue weighted by Crippen LogP contribution is -2.09. The summed E-state index contributed by atoms with van der Waals surface area (Å²) in [5.74, 6) is 1.62. The Morgan fingerprint density at radius 1 is 1.00 bits per heavy atom. The van der Waals surface area contributed by atoms with Crippen molar-refractivity contribution >= 4 is 0 Å². The van der Waals surface area contributed by atoms with Crippen LogP contribution in [-0.2, 0) is 11.3 Å². The van der Waals surface area contributed by atoms with Crippen molar-refractivity contribution in [2.45, 2.75) is 46.1 Å². The van der Waals surface area contributed by atoms with E-state index in [1.165, 1.54) is 31.2 Å². The van der Waals surface area contributed by atoms with Crippen LogP contribution in [0.5, 0.6) is 5.75 Å². The Balaban J connectivity index is 2.30. The van der Waals surface area contributed by atoms with Crippen molar-refractivity contribution in [3.8, 4) is 5.75 Å².